The summed E-state index contributed by atoms with van der Waals surface area (Å²) in [6.45, 7) is -0.0629. The van der Waals surface area contributed by atoms with Crippen molar-refractivity contribution in [3.63, 3.8) is 0 Å². The number of nitrogens with zero attached hydrogens (tertiary/aromatic N) is 2. The Labute approximate surface area is 196 Å². The van der Waals surface area contributed by atoms with E-state index in [0.717, 1.165) is 4.90 Å². The molecule has 3 aromatic rings. The quantitative estimate of drug-likeness (QED) is 0.527. The Morgan fingerprint density at radius 3 is 2.33 bits per heavy atom. The summed E-state index contributed by atoms with van der Waals surface area (Å²) in [4.78, 5) is 40.8. The van der Waals surface area contributed by atoms with Gasteiger partial charge in [-0.3, -0.25) is 19.3 Å². The van der Waals surface area contributed by atoms with Crippen LogP contribution in [0.25, 0.3) is 0 Å². The van der Waals surface area contributed by atoms with Crippen molar-refractivity contribution >= 4 is 40.7 Å². The highest BCUT2D eigenvalue weighted by Gasteiger charge is 2.42. The predicted octanol–water partition coefficient (Wildman–Crippen LogP) is 4.33. The second-order valence-electron chi connectivity index (χ2n) is 7.64. The Hall–Kier alpha value is -3.68. The lowest BCUT2D eigenvalue weighted by molar-refractivity contribution is -0.123. The van der Waals surface area contributed by atoms with E-state index in [4.69, 9.17) is 16.3 Å². The summed E-state index contributed by atoms with van der Waals surface area (Å²) in [6, 6.07) is 22.2. The summed E-state index contributed by atoms with van der Waals surface area (Å²) in [5.74, 6) is 0.265. The molecule has 33 heavy (non-hydrogen) atoms. The third-order valence-electron chi connectivity index (χ3n) is 5.27. The maximum atomic E-state index is 13.0. The smallest absolute Gasteiger partial charge is 0.251 e. The molecular weight excluding hydrogens is 442 g/mol. The molecule has 0 aliphatic carbocycles. The molecule has 8 heteroatoms. The minimum Gasteiger partial charge on any atom is -0.457 e. The van der Waals surface area contributed by atoms with Crippen molar-refractivity contribution in [1.82, 2.24) is 4.90 Å². The molecular formula is C25H22ClN3O4. The van der Waals surface area contributed by atoms with Crippen LogP contribution in [0.4, 0.5) is 11.4 Å². The Morgan fingerprint density at radius 2 is 1.64 bits per heavy atom. The second kappa shape index (κ2) is 9.85. The topological polar surface area (TPSA) is 79.0 Å². The molecule has 1 saturated heterocycles. The first kappa shape index (κ1) is 22.5. The highest BCUT2D eigenvalue weighted by atomic mass is 35.5. The van der Waals surface area contributed by atoms with Gasteiger partial charge in [-0.15, -0.1) is 0 Å². The van der Waals surface area contributed by atoms with Crippen molar-refractivity contribution in [3.05, 3.63) is 83.9 Å². The molecule has 1 aliphatic heterocycles. The molecule has 0 bridgehead atoms. The zero-order chi connectivity index (χ0) is 23.4. The van der Waals surface area contributed by atoms with Gasteiger partial charge in [0.15, 0.2) is 0 Å². The van der Waals surface area contributed by atoms with Crippen LogP contribution in [0.5, 0.6) is 11.5 Å². The number of hydrogen-bond donors (Lipinski definition) is 1. The summed E-state index contributed by atoms with van der Waals surface area (Å²) in [5.41, 5.74) is 0.952. The van der Waals surface area contributed by atoms with E-state index < -0.39 is 6.04 Å². The van der Waals surface area contributed by atoms with Crippen molar-refractivity contribution in [2.45, 2.75) is 12.5 Å². The van der Waals surface area contributed by atoms with Gasteiger partial charge in [-0.1, -0.05) is 41.9 Å². The minimum absolute atomic E-state index is 0.00300. The highest BCUT2D eigenvalue weighted by molar-refractivity contribution is 6.33. The van der Waals surface area contributed by atoms with Crippen LogP contribution in [-0.2, 0) is 14.4 Å². The third kappa shape index (κ3) is 5.22. The van der Waals surface area contributed by atoms with Gasteiger partial charge in [-0.2, -0.15) is 0 Å². The second-order valence-corrected chi connectivity index (χ2v) is 8.05. The molecule has 1 N–H and O–H groups in total. The van der Waals surface area contributed by atoms with E-state index in [-0.39, 0.29) is 30.7 Å². The Kier molecular flexibility index (Phi) is 6.72. The van der Waals surface area contributed by atoms with E-state index in [0.29, 0.717) is 27.9 Å². The zero-order valence-corrected chi connectivity index (χ0v) is 18.7. The molecule has 4 rings (SSSR count). The minimum atomic E-state index is -0.727. The summed E-state index contributed by atoms with van der Waals surface area (Å²) in [5, 5.41) is 3.15. The summed E-state index contributed by atoms with van der Waals surface area (Å²) in [6.07, 6.45) is -0.00300. The number of para-hydroxylation sites is 2. The fourth-order valence-electron chi connectivity index (χ4n) is 3.61. The number of anilines is 2. The van der Waals surface area contributed by atoms with Gasteiger partial charge in [0.05, 0.1) is 35.4 Å². The highest BCUT2D eigenvalue weighted by Crippen LogP contribution is 2.29. The van der Waals surface area contributed by atoms with Crippen LogP contribution in [0.3, 0.4) is 0 Å². The molecule has 1 heterocycles. The number of amides is 3. The summed E-state index contributed by atoms with van der Waals surface area (Å²) >= 11 is 6.07. The van der Waals surface area contributed by atoms with Gasteiger partial charge in [0, 0.05) is 0 Å². The molecule has 0 aromatic heterocycles. The molecule has 1 fully saturated rings. The maximum Gasteiger partial charge on any atom is 0.251 e. The first-order valence-corrected chi connectivity index (χ1v) is 10.7. The van der Waals surface area contributed by atoms with Crippen LogP contribution < -0.4 is 15.0 Å². The molecule has 1 aliphatic rings. The van der Waals surface area contributed by atoms with Crippen LogP contribution in [0, 0.1) is 0 Å². The van der Waals surface area contributed by atoms with Crippen molar-refractivity contribution in [1.29, 1.82) is 0 Å². The largest absolute Gasteiger partial charge is 0.457 e. The number of carbonyl (C=O) groups is 3. The van der Waals surface area contributed by atoms with Gasteiger partial charge < -0.3 is 10.1 Å². The van der Waals surface area contributed by atoms with Gasteiger partial charge >= 0.3 is 0 Å². The third-order valence-corrected chi connectivity index (χ3v) is 5.60. The van der Waals surface area contributed by atoms with E-state index in [1.807, 2.05) is 30.3 Å². The van der Waals surface area contributed by atoms with Crippen LogP contribution in [0.15, 0.2) is 78.9 Å². The number of imide groups is 1. The molecule has 0 radical (unpaired) electrons. The number of carbonyl (C=O) groups excluding carboxylic acids is 3. The molecule has 1 atom stereocenters. The van der Waals surface area contributed by atoms with Crippen molar-refractivity contribution < 1.29 is 19.1 Å². The summed E-state index contributed by atoms with van der Waals surface area (Å²) < 4.78 is 5.76. The van der Waals surface area contributed by atoms with Gasteiger partial charge in [-0.25, -0.2) is 4.90 Å². The number of hydrogen-bond acceptors (Lipinski definition) is 5. The van der Waals surface area contributed by atoms with Crippen LogP contribution in [0.1, 0.15) is 6.42 Å². The number of benzene rings is 3. The van der Waals surface area contributed by atoms with Crippen LogP contribution in [0.2, 0.25) is 5.02 Å². The van der Waals surface area contributed by atoms with Crippen LogP contribution in [-0.4, -0.2) is 42.3 Å². The molecule has 7 nitrogen and oxygen atoms in total. The number of likely N-dealkylation sites (N-methyl/N-ethyl adjacent to an activating group) is 1. The lowest BCUT2D eigenvalue weighted by Gasteiger charge is -2.22. The fourth-order valence-corrected chi connectivity index (χ4v) is 3.79. The lowest BCUT2D eigenvalue weighted by atomic mass is 10.2. The number of halogens is 1. The van der Waals surface area contributed by atoms with Gasteiger partial charge in [0.25, 0.3) is 5.91 Å². The van der Waals surface area contributed by atoms with Crippen molar-refractivity contribution in [2.24, 2.45) is 0 Å². The Balaban J connectivity index is 1.39. The molecule has 3 amide bonds. The maximum absolute atomic E-state index is 13.0. The molecule has 0 saturated carbocycles. The van der Waals surface area contributed by atoms with Gasteiger partial charge in [0.2, 0.25) is 11.8 Å². The van der Waals surface area contributed by atoms with E-state index in [9.17, 15) is 14.4 Å². The zero-order valence-electron chi connectivity index (χ0n) is 17.9. The standard InChI is InChI=1S/C25H22ClN3O4/c1-28(16-23(30)27-21-10-6-5-9-20(21)26)22-15-24(31)29(25(22)32)17-11-13-19(14-12-17)33-18-7-3-2-4-8-18/h2-14,22H,15-16H2,1H3,(H,27,30). The average Bonchev–Trinajstić information content (AvgIpc) is 3.10. The Bertz CT molecular complexity index is 1170. The molecule has 3 aromatic carbocycles. The first-order chi connectivity index (χ1) is 15.9. The average molecular weight is 464 g/mol. The van der Waals surface area contributed by atoms with Gasteiger partial charge in [-0.05, 0) is 55.6 Å². The molecule has 1 unspecified atom stereocenters. The van der Waals surface area contributed by atoms with Crippen molar-refractivity contribution in [2.75, 3.05) is 23.8 Å². The van der Waals surface area contributed by atoms with Crippen molar-refractivity contribution in [3.8, 4) is 11.5 Å². The van der Waals surface area contributed by atoms with E-state index in [1.165, 1.54) is 0 Å². The lowest BCUT2D eigenvalue weighted by Crippen LogP contribution is -2.43. The number of nitrogens with one attached hydrogen (secondary N) is 1. The predicted molar refractivity (Wildman–Crippen MR) is 127 cm³/mol. The first-order valence-electron chi connectivity index (χ1n) is 10.4. The molecule has 0 spiro atoms. The number of rotatable bonds is 7. The van der Waals surface area contributed by atoms with E-state index >= 15 is 0 Å². The summed E-state index contributed by atoms with van der Waals surface area (Å²) in [7, 11) is 1.64. The SMILES string of the molecule is CN(CC(=O)Nc1ccccc1Cl)C1CC(=O)N(c2ccc(Oc3ccccc3)cc2)C1=O. The number of ether oxygens (including phenoxy) is 1. The fraction of sp³-hybridized carbons (Fsp3) is 0.160. The van der Waals surface area contributed by atoms with E-state index in [1.54, 1.807) is 60.5 Å². The van der Waals surface area contributed by atoms with Crippen LogP contribution >= 0.6 is 11.6 Å². The Morgan fingerprint density at radius 1 is 1.00 bits per heavy atom. The normalized spacial score (nSPS) is 15.7. The van der Waals surface area contributed by atoms with E-state index in [2.05, 4.69) is 5.32 Å². The monoisotopic (exact) mass is 463 g/mol. The van der Waals surface area contributed by atoms with Gasteiger partial charge in [0.1, 0.15) is 11.5 Å². The molecule has 168 valence electrons.